The van der Waals surface area contributed by atoms with Crippen LogP contribution in [0.2, 0.25) is 0 Å². The van der Waals surface area contributed by atoms with Crippen LogP contribution >= 0.6 is 24.0 Å². The van der Waals surface area contributed by atoms with Crippen molar-refractivity contribution in [3.8, 4) is 0 Å². The van der Waals surface area contributed by atoms with E-state index in [-0.39, 0.29) is 29.8 Å². The predicted molar refractivity (Wildman–Crippen MR) is 117 cm³/mol. The summed E-state index contributed by atoms with van der Waals surface area (Å²) in [5.41, 5.74) is 0.912. The predicted octanol–water partition coefficient (Wildman–Crippen LogP) is 4.49. The summed E-state index contributed by atoms with van der Waals surface area (Å²) >= 11 is 0. The summed E-state index contributed by atoms with van der Waals surface area (Å²) in [5.74, 6) is 0.555. The number of nitrogens with one attached hydrogen (secondary N) is 2. The number of hydrogen-bond acceptors (Lipinski definition) is 2. The lowest BCUT2D eigenvalue weighted by molar-refractivity contribution is 0.105. The maximum Gasteiger partial charge on any atom is 0.191 e. The van der Waals surface area contributed by atoms with Crippen LogP contribution in [0.1, 0.15) is 51.5 Å². The molecule has 1 aromatic carbocycles. The molecular weight excluding hydrogens is 444 g/mol. The van der Waals surface area contributed by atoms with Crippen molar-refractivity contribution in [3.63, 3.8) is 0 Å². The van der Waals surface area contributed by atoms with Crippen molar-refractivity contribution < 1.29 is 9.13 Å². The van der Waals surface area contributed by atoms with Gasteiger partial charge in [0.2, 0.25) is 0 Å². The molecule has 0 radical (unpaired) electrons. The normalized spacial score (nSPS) is 16.2. The number of nitrogens with zero attached hydrogens (tertiary/aromatic N) is 1. The molecule has 148 valence electrons. The number of ether oxygens (including phenoxy) is 1. The number of benzene rings is 1. The topological polar surface area (TPSA) is 45.7 Å². The van der Waals surface area contributed by atoms with Crippen molar-refractivity contribution in [3.05, 3.63) is 35.6 Å². The largest absolute Gasteiger partial charge is 0.382 e. The molecular formula is C20H33FIN3O. The Labute approximate surface area is 174 Å². The minimum Gasteiger partial charge on any atom is -0.382 e. The minimum atomic E-state index is -0.203. The van der Waals surface area contributed by atoms with E-state index in [9.17, 15) is 4.39 Å². The smallest absolute Gasteiger partial charge is 0.191 e. The van der Waals surface area contributed by atoms with Crippen LogP contribution in [0.4, 0.5) is 4.39 Å². The third-order valence-electron chi connectivity index (χ3n) is 4.99. The van der Waals surface area contributed by atoms with E-state index >= 15 is 0 Å². The molecule has 0 aromatic heterocycles. The van der Waals surface area contributed by atoms with E-state index in [1.807, 2.05) is 19.9 Å². The van der Waals surface area contributed by atoms with Gasteiger partial charge in [-0.15, -0.1) is 24.0 Å². The van der Waals surface area contributed by atoms with Gasteiger partial charge in [0.15, 0.2) is 5.96 Å². The Morgan fingerprint density at radius 3 is 2.58 bits per heavy atom. The molecule has 2 rings (SSSR count). The Hall–Kier alpha value is -0.890. The lowest BCUT2D eigenvalue weighted by Crippen LogP contribution is -2.43. The van der Waals surface area contributed by atoms with Gasteiger partial charge in [-0.1, -0.05) is 31.0 Å². The second-order valence-electron chi connectivity index (χ2n) is 6.79. The van der Waals surface area contributed by atoms with E-state index in [1.165, 1.54) is 31.7 Å². The first-order valence-corrected chi connectivity index (χ1v) is 9.52. The molecule has 0 spiro atoms. The number of hydrogen-bond donors (Lipinski definition) is 2. The van der Waals surface area contributed by atoms with Crippen LogP contribution in [0.3, 0.4) is 0 Å². The molecule has 0 saturated heterocycles. The zero-order valence-electron chi connectivity index (χ0n) is 16.0. The van der Waals surface area contributed by atoms with Gasteiger partial charge in [-0.3, -0.25) is 0 Å². The average molecular weight is 477 g/mol. The zero-order valence-corrected chi connectivity index (χ0v) is 18.4. The third-order valence-corrected chi connectivity index (χ3v) is 4.99. The molecule has 0 bridgehead atoms. The van der Waals surface area contributed by atoms with Crippen LogP contribution in [0.5, 0.6) is 0 Å². The Bertz CT molecular complexity index is 548. The van der Waals surface area contributed by atoms with E-state index in [1.54, 1.807) is 12.1 Å². The molecule has 4 nitrogen and oxygen atoms in total. The maximum absolute atomic E-state index is 13.8. The van der Waals surface area contributed by atoms with Crippen molar-refractivity contribution >= 4 is 29.9 Å². The quantitative estimate of drug-likeness (QED) is 0.239. The number of halogens is 2. The Morgan fingerprint density at radius 1 is 1.19 bits per heavy atom. The summed E-state index contributed by atoms with van der Waals surface area (Å²) in [5, 5.41) is 6.75. The molecule has 0 unspecified atom stereocenters. The van der Waals surface area contributed by atoms with E-state index < -0.39 is 0 Å². The highest BCUT2D eigenvalue weighted by molar-refractivity contribution is 14.0. The van der Waals surface area contributed by atoms with Gasteiger partial charge in [-0.2, -0.15) is 0 Å². The fourth-order valence-electron chi connectivity index (χ4n) is 3.48. The van der Waals surface area contributed by atoms with Crippen LogP contribution in [-0.2, 0) is 11.3 Å². The van der Waals surface area contributed by atoms with Gasteiger partial charge < -0.3 is 15.4 Å². The number of aliphatic imine (C=N–C) groups is 1. The van der Waals surface area contributed by atoms with E-state index in [0.29, 0.717) is 17.5 Å². The highest BCUT2D eigenvalue weighted by atomic mass is 127. The summed E-state index contributed by atoms with van der Waals surface area (Å²) in [7, 11) is 0. The van der Waals surface area contributed by atoms with Gasteiger partial charge in [-0.25, -0.2) is 9.38 Å². The summed E-state index contributed by atoms with van der Waals surface area (Å²) in [6.45, 7) is 7.70. The van der Waals surface area contributed by atoms with Crippen LogP contribution < -0.4 is 10.6 Å². The molecule has 0 amide bonds. The molecule has 1 aromatic rings. The van der Waals surface area contributed by atoms with Crippen molar-refractivity contribution in [2.45, 2.75) is 52.5 Å². The Morgan fingerprint density at radius 2 is 1.92 bits per heavy atom. The molecule has 0 aliphatic heterocycles. The maximum atomic E-state index is 13.8. The minimum absolute atomic E-state index is 0. The van der Waals surface area contributed by atoms with Crippen molar-refractivity contribution in [1.82, 2.24) is 10.6 Å². The third kappa shape index (κ3) is 7.39. The highest BCUT2D eigenvalue weighted by Crippen LogP contribution is 2.40. The first-order chi connectivity index (χ1) is 12.2. The summed E-state index contributed by atoms with van der Waals surface area (Å²) < 4.78 is 19.3. The molecule has 0 atom stereocenters. The van der Waals surface area contributed by atoms with Crippen molar-refractivity contribution in [2.75, 3.05) is 26.3 Å². The lowest BCUT2D eigenvalue weighted by Gasteiger charge is -2.30. The fraction of sp³-hybridized carbons (Fsp3) is 0.650. The summed E-state index contributed by atoms with van der Waals surface area (Å²) in [6, 6.07) is 6.80. The van der Waals surface area contributed by atoms with Gasteiger partial charge in [0.25, 0.3) is 0 Å². The second-order valence-corrected chi connectivity index (χ2v) is 6.79. The van der Waals surface area contributed by atoms with E-state index in [0.717, 1.165) is 38.7 Å². The monoisotopic (exact) mass is 477 g/mol. The average Bonchev–Trinajstić information content (AvgIpc) is 3.08. The number of guanidine groups is 1. The van der Waals surface area contributed by atoms with E-state index in [2.05, 4.69) is 15.6 Å². The fourth-order valence-corrected chi connectivity index (χ4v) is 3.48. The van der Waals surface area contributed by atoms with Gasteiger partial charge >= 0.3 is 0 Å². The summed E-state index contributed by atoms with van der Waals surface area (Å²) in [6.07, 6.45) is 6.13. The highest BCUT2D eigenvalue weighted by Gasteiger charge is 2.33. The first kappa shape index (κ1) is 23.1. The summed E-state index contributed by atoms with van der Waals surface area (Å²) in [4.78, 5) is 4.56. The van der Waals surface area contributed by atoms with Gasteiger partial charge in [0, 0.05) is 31.9 Å². The van der Waals surface area contributed by atoms with Gasteiger partial charge in [0.1, 0.15) is 5.82 Å². The second kappa shape index (κ2) is 12.5. The van der Waals surface area contributed by atoms with Crippen molar-refractivity contribution in [1.29, 1.82) is 0 Å². The SMILES string of the molecule is CCNC(=NCc1ccccc1F)NCC1(CCOCC)CCCC1.I. The standard InChI is InChI=1S/C20H32FN3O.HI/c1-3-22-19(23-15-17-9-5-6-10-18(17)21)24-16-20(11-7-8-12-20)13-14-25-4-2;/h5-6,9-10H,3-4,7-8,11-16H2,1-2H3,(H2,22,23,24);1H. The van der Waals surface area contributed by atoms with Gasteiger partial charge in [0.05, 0.1) is 6.54 Å². The van der Waals surface area contributed by atoms with Gasteiger partial charge in [-0.05, 0) is 44.6 Å². The Kier molecular flexibility index (Phi) is 11.1. The van der Waals surface area contributed by atoms with Crippen molar-refractivity contribution in [2.24, 2.45) is 10.4 Å². The Balaban J connectivity index is 0.00000338. The van der Waals surface area contributed by atoms with Crippen LogP contribution in [0, 0.1) is 11.2 Å². The first-order valence-electron chi connectivity index (χ1n) is 9.52. The van der Waals surface area contributed by atoms with Crippen LogP contribution in [0.15, 0.2) is 29.3 Å². The molecule has 1 fully saturated rings. The molecule has 1 saturated carbocycles. The molecule has 0 heterocycles. The molecule has 1 aliphatic carbocycles. The van der Waals surface area contributed by atoms with Crippen LogP contribution in [-0.4, -0.2) is 32.3 Å². The molecule has 2 N–H and O–H groups in total. The van der Waals surface area contributed by atoms with Crippen LogP contribution in [0.25, 0.3) is 0 Å². The zero-order chi connectivity index (χ0) is 18.0. The number of rotatable bonds is 9. The van der Waals surface area contributed by atoms with E-state index in [4.69, 9.17) is 4.74 Å². The lowest BCUT2D eigenvalue weighted by atomic mass is 9.83. The molecule has 26 heavy (non-hydrogen) atoms. The molecule has 1 aliphatic rings. The molecule has 6 heteroatoms.